The number of halogens is 1. The van der Waals surface area contributed by atoms with Crippen LogP contribution in [0.5, 0.6) is 0 Å². The fourth-order valence-electron chi connectivity index (χ4n) is 1.76. The maximum atomic E-state index is 12.0. The van der Waals surface area contributed by atoms with Gasteiger partial charge in [0.2, 0.25) is 15.9 Å². The first-order valence-electron chi connectivity index (χ1n) is 7.22. The minimum Gasteiger partial charge on any atom is -0.383 e. The van der Waals surface area contributed by atoms with Crippen molar-refractivity contribution in [2.75, 3.05) is 37.9 Å². The molecule has 24 heavy (non-hydrogen) atoms. The summed E-state index contributed by atoms with van der Waals surface area (Å²) in [6.07, 6.45) is 0.479. The first-order valence-corrected chi connectivity index (χ1v) is 8.70. The molecule has 0 radical (unpaired) electrons. The largest absolute Gasteiger partial charge is 0.383 e. The summed E-state index contributed by atoms with van der Waals surface area (Å²) in [5.41, 5.74) is 6.65. The summed E-state index contributed by atoms with van der Waals surface area (Å²) in [7, 11) is -0.708. The van der Waals surface area contributed by atoms with Gasteiger partial charge < -0.3 is 21.1 Å². The number of nitrogens with two attached hydrogens (primary N) is 1. The second kappa shape index (κ2) is 10.5. The number of sulfonamides is 1. The second-order valence-electron chi connectivity index (χ2n) is 4.84. The van der Waals surface area contributed by atoms with E-state index in [2.05, 4.69) is 15.4 Å². The van der Waals surface area contributed by atoms with Gasteiger partial charge in [0, 0.05) is 13.7 Å². The van der Waals surface area contributed by atoms with Gasteiger partial charge in [-0.15, -0.1) is 12.4 Å². The Bertz CT molecular complexity index is 640. The van der Waals surface area contributed by atoms with Crippen LogP contribution in [0.2, 0.25) is 0 Å². The van der Waals surface area contributed by atoms with Gasteiger partial charge in [-0.3, -0.25) is 4.79 Å². The Morgan fingerprint density at radius 2 is 2.00 bits per heavy atom. The molecule has 0 fully saturated rings. The van der Waals surface area contributed by atoms with Gasteiger partial charge in [-0.05, 0) is 31.7 Å². The van der Waals surface area contributed by atoms with Gasteiger partial charge in [0.1, 0.15) is 0 Å². The fourth-order valence-corrected chi connectivity index (χ4v) is 2.52. The lowest BCUT2D eigenvalue weighted by molar-refractivity contribution is -0.117. The summed E-state index contributed by atoms with van der Waals surface area (Å²) < 4.78 is 31.0. The summed E-state index contributed by atoms with van der Waals surface area (Å²) in [5, 5.41) is 5.74. The number of hydrogen-bond donors (Lipinski definition) is 4. The number of carbonyl (C=O) groups is 1. The third kappa shape index (κ3) is 6.25. The topological polar surface area (TPSA) is 123 Å². The van der Waals surface area contributed by atoms with Crippen LogP contribution in [0.3, 0.4) is 0 Å². The Kier molecular flexibility index (Phi) is 9.86. The van der Waals surface area contributed by atoms with E-state index in [0.29, 0.717) is 30.9 Å². The van der Waals surface area contributed by atoms with E-state index in [1.54, 1.807) is 20.1 Å². The number of ether oxygens (including phenoxy) is 1. The minimum absolute atomic E-state index is 0. The molecule has 0 saturated heterocycles. The van der Waals surface area contributed by atoms with Gasteiger partial charge in [0.15, 0.2) is 0 Å². The molecule has 1 atom stereocenters. The molecule has 5 N–H and O–H groups in total. The Morgan fingerprint density at radius 1 is 1.33 bits per heavy atom. The van der Waals surface area contributed by atoms with Crippen LogP contribution in [0.4, 0.5) is 11.4 Å². The molecule has 1 amide bonds. The van der Waals surface area contributed by atoms with Crippen LogP contribution in [-0.2, 0) is 19.6 Å². The third-order valence-corrected chi connectivity index (χ3v) is 4.64. The maximum absolute atomic E-state index is 12.0. The number of anilines is 2. The van der Waals surface area contributed by atoms with E-state index in [1.165, 1.54) is 19.2 Å². The van der Waals surface area contributed by atoms with Gasteiger partial charge in [0.05, 0.1) is 28.9 Å². The zero-order chi connectivity index (χ0) is 17.5. The van der Waals surface area contributed by atoms with E-state index in [9.17, 15) is 13.2 Å². The fraction of sp³-hybridized carbons (Fsp3) is 0.500. The van der Waals surface area contributed by atoms with Crippen LogP contribution in [0.25, 0.3) is 0 Å². The van der Waals surface area contributed by atoms with Crippen molar-refractivity contribution in [3.8, 4) is 0 Å². The van der Waals surface area contributed by atoms with E-state index in [-0.39, 0.29) is 23.2 Å². The molecular weight excluding hydrogens is 356 g/mol. The maximum Gasteiger partial charge on any atom is 0.241 e. The number of benzene rings is 1. The standard InChI is InChI=1S/C14H24N4O4S.ClH/c1-4-11(15)14(19)18-13-9-10(23(20,21)16-2)5-6-12(13)17-7-8-22-3;/h5-6,9,11,16-17H,4,7-8,15H2,1-3H3,(H,18,19);1H/t11-;/m0./s1. The predicted molar refractivity (Wildman–Crippen MR) is 97.2 cm³/mol. The van der Waals surface area contributed by atoms with Crippen LogP contribution in [0.1, 0.15) is 13.3 Å². The van der Waals surface area contributed by atoms with E-state index >= 15 is 0 Å². The molecule has 0 saturated carbocycles. The van der Waals surface area contributed by atoms with Crippen molar-refractivity contribution in [1.82, 2.24) is 4.72 Å². The van der Waals surface area contributed by atoms with Crippen LogP contribution in [-0.4, -0.2) is 47.7 Å². The molecule has 138 valence electrons. The first-order chi connectivity index (χ1) is 10.9. The molecule has 0 unspecified atom stereocenters. The van der Waals surface area contributed by atoms with Crippen molar-refractivity contribution >= 4 is 39.7 Å². The van der Waals surface area contributed by atoms with E-state index in [1.807, 2.05) is 0 Å². The highest BCUT2D eigenvalue weighted by atomic mass is 35.5. The molecule has 1 aromatic carbocycles. The Hall–Kier alpha value is -1.39. The van der Waals surface area contributed by atoms with E-state index in [4.69, 9.17) is 10.5 Å². The molecule has 0 spiro atoms. The Morgan fingerprint density at radius 3 is 2.54 bits per heavy atom. The minimum atomic E-state index is -3.61. The molecule has 1 rings (SSSR count). The zero-order valence-corrected chi connectivity index (χ0v) is 15.6. The molecule has 0 heterocycles. The lowest BCUT2D eigenvalue weighted by atomic mass is 10.2. The summed E-state index contributed by atoms with van der Waals surface area (Å²) in [6, 6.07) is 3.77. The highest BCUT2D eigenvalue weighted by molar-refractivity contribution is 7.89. The molecule has 0 bridgehead atoms. The highest BCUT2D eigenvalue weighted by Gasteiger charge is 2.17. The molecule has 8 nitrogen and oxygen atoms in total. The Labute approximate surface area is 149 Å². The van der Waals surface area contributed by atoms with Crippen molar-refractivity contribution in [2.45, 2.75) is 24.3 Å². The molecule has 0 aliphatic heterocycles. The number of methoxy groups -OCH3 is 1. The number of rotatable bonds is 9. The zero-order valence-electron chi connectivity index (χ0n) is 14.0. The summed E-state index contributed by atoms with van der Waals surface area (Å²) >= 11 is 0. The summed E-state index contributed by atoms with van der Waals surface area (Å²) in [4.78, 5) is 12.1. The predicted octanol–water partition coefficient (Wildman–Crippen LogP) is 0.751. The molecule has 1 aromatic rings. The van der Waals surface area contributed by atoms with E-state index < -0.39 is 16.1 Å². The monoisotopic (exact) mass is 380 g/mol. The van der Waals surface area contributed by atoms with E-state index in [0.717, 1.165) is 0 Å². The molecule has 0 aromatic heterocycles. The second-order valence-corrected chi connectivity index (χ2v) is 6.73. The average molecular weight is 381 g/mol. The SMILES string of the molecule is CC[C@H](N)C(=O)Nc1cc(S(=O)(=O)NC)ccc1NCCOC.Cl. The van der Waals surface area contributed by atoms with Gasteiger partial charge in [-0.25, -0.2) is 13.1 Å². The lowest BCUT2D eigenvalue weighted by Gasteiger charge is -2.16. The van der Waals surface area contributed by atoms with Crippen LogP contribution in [0, 0.1) is 0 Å². The van der Waals surface area contributed by atoms with Crippen molar-refractivity contribution in [3.05, 3.63) is 18.2 Å². The quantitative estimate of drug-likeness (QED) is 0.469. The smallest absolute Gasteiger partial charge is 0.241 e. The van der Waals surface area contributed by atoms with Crippen molar-refractivity contribution in [3.63, 3.8) is 0 Å². The number of carbonyl (C=O) groups excluding carboxylic acids is 1. The highest BCUT2D eigenvalue weighted by Crippen LogP contribution is 2.25. The molecule has 10 heteroatoms. The van der Waals surface area contributed by atoms with Crippen LogP contribution < -0.4 is 21.1 Å². The van der Waals surface area contributed by atoms with Gasteiger partial charge in [-0.1, -0.05) is 6.92 Å². The van der Waals surface area contributed by atoms with Crippen LogP contribution in [0.15, 0.2) is 23.1 Å². The average Bonchev–Trinajstić information content (AvgIpc) is 2.55. The van der Waals surface area contributed by atoms with Gasteiger partial charge in [-0.2, -0.15) is 0 Å². The summed E-state index contributed by atoms with van der Waals surface area (Å²) in [5.74, 6) is -0.374. The normalized spacial score (nSPS) is 12.2. The number of amides is 1. The first kappa shape index (κ1) is 22.6. The molecular formula is C14H25ClN4O4S. The molecule has 0 aliphatic rings. The Balaban J connectivity index is 0.00000529. The van der Waals surface area contributed by atoms with Gasteiger partial charge >= 0.3 is 0 Å². The van der Waals surface area contributed by atoms with Crippen LogP contribution >= 0.6 is 12.4 Å². The molecule has 0 aliphatic carbocycles. The van der Waals surface area contributed by atoms with Crippen molar-refractivity contribution < 1.29 is 17.9 Å². The van der Waals surface area contributed by atoms with Gasteiger partial charge in [0.25, 0.3) is 0 Å². The number of nitrogens with one attached hydrogen (secondary N) is 3. The number of hydrogen-bond acceptors (Lipinski definition) is 6. The lowest BCUT2D eigenvalue weighted by Crippen LogP contribution is -2.35. The van der Waals surface area contributed by atoms with Crippen molar-refractivity contribution in [2.24, 2.45) is 5.73 Å². The van der Waals surface area contributed by atoms with Crippen molar-refractivity contribution in [1.29, 1.82) is 0 Å². The summed E-state index contributed by atoms with van der Waals surface area (Å²) in [6.45, 7) is 2.78. The third-order valence-electron chi connectivity index (χ3n) is 3.23.